The number of amides is 1. The smallest absolute Gasteiger partial charge is 0.259 e. The van der Waals surface area contributed by atoms with Gasteiger partial charge in [-0.05, 0) is 25.1 Å². The summed E-state index contributed by atoms with van der Waals surface area (Å²) < 4.78 is 18.6. The van der Waals surface area contributed by atoms with Gasteiger partial charge in [-0.15, -0.1) is 11.3 Å². The molecule has 5 nitrogen and oxygen atoms in total. The molecule has 0 bridgehead atoms. The number of aryl methyl sites for hydroxylation is 1. The van der Waals surface area contributed by atoms with Gasteiger partial charge in [0.2, 0.25) is 5.88 Å². The average Bonchev–Trinajstić information content (AvgIpc) is 3.12. The van der Waals surface area contributed by atoms with E-state index in [9.17, 15) is 9.18 Å². The predicted octanol–water partition coefficient (Wildman–Crippen LogP) is 3.36. The summed E-state index contributed by atoms with van der Waals surface area (Å²) in [5.74, 6) is -0.884. The lowest BCUT2D eigenvalue weighted by molar-refractivity contribution is 0.0951. The molecule has 0 aliphatic rings. The predicted molar refractivity (Wildman–Crippen MR) is 86.5 cm³/mol. The van der Waals surface area contributed by atoms with E-state index >= 15 is 0 Å². The summed E-state index contributed by atoms with van der Waals surface area (Å²) in [5, 5.41) is 6.51. The number of benzene rings is 1. The van der Waals surface area contributed by atoms with Crippen LogP contribution in [0.2, 0.25) is 0 Å². The molecule has 2 aromatic heterocycles. The van der Waals surface area contributed by atoms with Gasteiger partial charge in [0.05, 0.1) is 4.88 Å². The second kappa shape index (κ2) is 6.21. The Labute approximate surface area is 135 Å². The van der Waals surface area contributed by atoms with Gasteiger partial charge in [0, 0.05) is 17.0 Å². The molecule has 0 radical (unpaired) electrons. The fourth-order valence-corrected chi connectivity index (χ4v) is 3.01. The van der Waals surface area contributed by atoms with E-state index < -0.39 is 5.91 Å². The third kappa shape index (κ3) is 3.09. The van der Waals surface area contributed by atoms with Gasteiger partial charge in [-0.1, -0.05) is 23.4 Å². The molecule has 0 aliphatic carbocycles. The Kier molecular flexibility index (Phi) is 4.12. The number of thiophene rings is 1. The quantitative estimate of drug-likeness (QED) is 0.768. The van der Waals surface area contributed by atoms with Crippen molar-refractivity contribution in [1.29, 1.82) is 0 Å². The standard InChI is InChI=1S/C16H14FN3O2S/c1-9-6-7-12(23-9)14-13(15(18)22-20-14)16(21)19-8-10-4-2-3-5-11(10)17/h2-7H,8,18H2,1H3,(H,19,21). The van der Waals surface area contributed by atoms with Crippen molar-refractivity contribution in [3.8, 4) is 10.6 Å². The lowest BCUT2D eigenvalue weighted by Gasteiger charge is -2.06. The van der Waals surface area contributed by atoms with Crippen molar-refractivity contribution in [2.75, 3.05) is 5.73 Å². The van der Waals surface area contributed by atoms with E-state index in [2.05, 4.69) is 10.5 Å². The van der Waals surface area contributed by atoms with E-state index in [1.54, 1.807) is 18.2 Å². The van der Waals surface area contributed by atoms with Crippen LogP contribution in [-0.2, 0) is 6.54 Å². The van der Waals surface area contributed by atoms with E-state index in [1.165, 1.54) is 17.4 Å². The van der Waals surface area contributed by atoms with Crippen molar-refractivity contribution >= 4 is 23.1 Å². The minimum absolute atomic E-state index is 0.0546. The van der Waals surface area contributed by atoms with E-state index in [4.69, 9.17) is 10.3 Å². The molecule has 0 fully saturated rings. The number of nitrogens with one attached hydrogen (secondary N) is 1. The van der Waals surface area contributed by atoms with Crippen molar-refractivity contribution < 1.29 is 13.7 Å². The summed E-state index contributed by atoms with van der Waals surface area (Å²) in [5.41, 5.74) is 6.68. The number of rotatable bonds is 4. The van der Waals surface area contributed by atoms with Crippen LogP contribution in [0, 0.1) is 12.7 Å². The first-order chi connectivity index (χ1) is 11.1. The van der Waals surface area contributed by atoms with Gasteiger partial charge in [-0.2, -0.15) is 0 Å². The molecule has 3 aromatic rings. The average molecular weight is 331 g/mol. The molecular formula is C16H14FN3O2S. The third-order valence-corrected chi connectivity index (χ3v) is 4.32. The largest absolute Gasteiger partial charge is 0.367 e. The lowest BCUT2D eigenvalue weighted by Crippen LogP contribution is -2.24. The molecule has 0 atom stereocenters. The minimum Gasteiger partial charge on any atom is -0.367 e. The number of nitrogens with zero attached hydrogens (tertiary/aromatic N) is 1. The van der Waals surface area contributed by atoms with Crippen LogP contribution in [0.5, 0.6) is 0 Å². The van der Waals surface area contributed by atoms with E-state index in [1.807, 2.05) is 19.1 Å². The van der Waals surface area contributed by atoms with Crippen LogP contribution in [0.15, 0.2) is 40.9 Å². The van der Waals surface area contributed by atoms with Gasteiger partial charge in [0.1, 0.15) is 17.1 Å². The highest BCUT2D eigenvalue weighted by atomic mass is 32.1. The van der Waals surface area contributed by atoms with Gasteiger partial charge < -0.3 is 15.6 Å². The molecule has 0 saturated carbocycles. The molecule has 23 heavy (non-hydrogen) atoms. The first kappa shape index (κ1) is 15.2. The van der Waals surface area contributed by atoms with Crippen molar-refractivity contribution in [3.05, 3.63) is 58.2 Å². The second-order valence-electron chi connectivity index (χ2n) is 4.95. The molecule has 0 unspecified atom stereocenters. The zero-order valence-corrected chi connectivity index (χ0v) is 13.1. The number of nitrogen functional groups attached to an aromatic ring is 1. The number of hydrogen-bond donors (Lipinski definition) is 2. The van der Waals surface area contributed by atoms with Crippen LogP contribution in [0.3, 0.4) is 0 Å². The summed E-state index contributed by atoms with van der Waals surface area (Å²) in [7, 11) is 0. The first-order valence-corrected chi connectivity index (χ1v) is 7.71. The molecule has 118 valence electrons. The Bertz CT molecular complexity index is 857. The van der Waals surface area contributed by atoms with Crippen LogP contribution < -0.4 is 11.1 Å². The minimum atomic E-state index is -0.451. The van der Waals surface area contributed by atoms with Gasteiger partial charge in [0.25, 0.3) is 5.91 Å². The maximum absolute atomic E-state index is 13.6. The van der Waals surface area contributed by atoms with Crippen LogP contribution in [0.25, 0.3) is 10.6 Å². The van der Waals surface area contributed by atoms with Crippen LogP contribution in [0.4, 0.5) is 10.3 Å². The molecule has 0 spiro atoms. The van der Waals surface area contributed by atoms with Gasteiger partial charge in [-0.25, -0.2) is 4.39 Å². The number of aromatic nitrogens is 1. The van der Waals surface area contributed by atoms with Gasteiger partial charge >= 0.3 is 0 Å². The molecular weight excluding hydrogens is 317 g/mol. The fourth-order valence-electron chi connectivity index (χ4n) is 2.16. The number of anilines is 1. The molecule has 0 aliphatic heterocycles. The van der Waals surface area contributed by atoms with Crippen LogP contribution >= 0.6 is 11.3 Å². The summed E-state index contributed by atoms with van der Waals surface area (Å²) in [6.45, 7) is 2.01. The zero-order valence-electron chi connectivity index (χ0n) is 12.3. The van der Waals surface area contributed by atoms with Crippen molar-refractivity contribution in [3.63, 3.8) is 0 Å². The number of halogens is 1. The monoisotopic (exact) mass is 331 g/mol. The van der Waals surface area contributed by atoms with E-state index in [0.717, 1.165) is 9.75 Å². The van der Waals surface area contributed by atoms with Crippen LogP contribution in [0.1, 0.15) is 20.8 Å². The Morgan fingerprint density at radius 1 is 1.35 bits per heavy atom. The highest BCUT2D eigenvalue weighted by Crippen LogP contribution is 2.32. The molecule has 1 aromatic carbocycles. The topological polar surface area (TPSA) is 81.2 Å². The Balaban J connectivity index is 1.83. The number of carbonyl (C=O) groups excluding carboxylic acids is 1. The Morgan fingerprint density at radius 3 is 2.83 bits per heavy atom. The molecule has 3 rings (SSSR count). The fraction of sp³-hybridized carbons (Fsp3) is 0.125. The van der Waals surface area contributed by atoms with E-state index in [-0.39, 0.29) is 23.8 Å². The number of carbonyl (C=O) groups is 1. The first-order valence-electron chi connectivity index (χ1n) is 6.90. The number of nitrogens with two attached hydrogens (primary N) is 1. The highest BCUT2D eigenvalue weighted by molar-refractivity contribution is 7.15. The highest BCUT2D eigenvalue weighted by Gasteiger charge is 2.23. The second-order valence-corrected chi connectivity index (χ2v) is 6.24. The van der Waals surface area contributed by atoms with Crippen molar-refractivity contribution in [2.45, 2.75) is 13.5 Å². The Morgan fingerprint density at radius 2 is 2.13 bits per heavy atom. The molecule has 3 N–H and O–H groups in total. The zero-order chi connectivity index (χ0) is 16.4. The summed E-state index contributed by atoms with van der Waals surface area (Å²) in [6, 6.07) is 10.0. The summed E-state index contributed by atoms with van der Waals surface area (Å²) in [4.78, 5) is 14.3. The van der Waals surface area contributed by atoms with Crippen LogP contribution in [-0.4, -0.2) is 11.1 Å². The maximum Gasteiger partial charge on any atom is 0.259 e. The van der Waals surface area contributed by atoms with Gasteiger partial charge in [-0.3, -0.25) is 4.79 Å². The lowest BCUT2D eigenvalue weighted by atomic mass is 10.1. The molecule has 7 heteroatoms. The molecule has 1 amide bonds. The summed E-state index contributed by atoms with van der Waals surface area (Å²) >= 11 is 1.48. The molecule has 2 heterocycles. The normalized spacial score (nSPS) is 10.7. The SMILES string of the molecule is Cc1ccc(-c2noc(N)c2C(=O)NCc2ccccc2F)s1. The molecule has 0 saturated heterocycles. The summed E-state index contributed by atoms with van der Waals surface area (Å²) in [6.07, 6.45) is 0. The number of hydrogen-bond acceptors (Lipinski definition) is 5. The maximum atomic E-state index is 13.6. The van der Waals surface area contributed by atoms with E-state index in [0.29, 0.717) is 11.3 Å². The third-order valence-electron chi connectivity index (χ3n) is 3.32. The Hall–Kier alpha value is -2.67. The van der Waals surface area contributed by atoms with Crippen molar-refractivity contribution in [2.24, 2.45) is 0 Å². The van der Waals surface area contributed by atoms with Gasteiger partial charge in [0.15, 0.2) is 0 Å². The van der Waals surface area contributed by atoms with Crippen molar-refractivity contribution in [1.82, 2.24) is 10.5 Å².